The SMILES string of the molecule is CCCCCOC(CCCC)Cc1ccccc1. The number of hydrogen-bond acceptors (Lipinski definition) is 1. The maximum atomic E-state index is 6.05. The van der Waals surface area contributed by atoms with Gasteiger partial charge in [-0.25, -0.2) is 0 Å². The first kappa shape index (κ1) is 15.2. The zero-order valence-corrected chi connectivity index (χ0v) is 12.0. The van der Waals surface area contributed by atoms with Gasteiger partial charge < -0.3 is 4.74 Å². The minimum absolute atomic E-state index is 0.407. The Balaban J connectivity index is 2.35. The van der Waals surface area contributed by atoms with Gasteiger partial charge in [-0.1, -0.05) is 69.9 Å². The van der Waals surface area contributed by atoms with Crippen molar-refractivity contribution in [1.29, 1.82) is 0 Å². The molecule has 0 bridgehead atoms. The lowest BCUT2D eigenvalue weighted by molar-refractivity contribution is 0.0439. The van der Waals surface area contributed by atoms with Crippen LogP contribution < -0.4 is 0 Å². The molecule has 1 aromatic carbocycles. The van der Waals surface area contributed by atoms with Gasteiger partial charge in [0.1, 0.15) is 0 Å². The average molecular weight is 248 g/mol. The average Bonchev–Trinajstić information content (AvgIpc) is 2.41. The third-order valence-corrected chi connectivity index (χ3v) is 3.29. The van der Waals surface area contributed by atoms with Gasteiger partial charge in [0.05, 0.1) is 6.10 Å². The van der Waals surface area contributed by atoms with Crippen LogP contribution in [0.3, 0.4) is 0 Å². The fourth-order valence-corrected chi connectivity index (χ4v) is 2.16. The van der Waals surface area contributed by atoms with Crippen molar-refractivity contribution in [2.45, 2.75) is 64.9 Å². The van der Waals surface area contributed by atoms with E-state index in [1.807, 2.05) is 0 Å². The Kier molecular flexibility index (Phi) is 8.58. The van der Waals surface area contributed by atoms with Crippen molar-refractivity contribution in [2.24, 2.45) is 0 Å². The van der Waals surface area contributed by atoms with E-state index in [1.54, 1.807) is 0 Å². The highest BCUT2D eigenvalue weighted by atomic mass is 16.5. The Morgan fingerprint density at radius 1 is 0.944 bits per heavy atom. The van der Waals surface area contributed by atoms with Gasteiger partial charge in [0.25, 0.3) is 0 Å². The summed E-state index contributed by atoms with van der Waals surface area (Å²) in [5, 5.41) is 0. The van der Waals surface area contributed by atoms with Gasteiger partial charge in [0.15, 0.2) is 0 Å². The van der Waals surface area contributed by atoms with E-state index < -0.39 is 0 Å². The standard InChI is InChI=1S/C17H28O/c1-3-5-10-14-18-17(13-6-4-2)15-16-11-8-7-9-12-16/h7-9,11-12,17H,3-6,10,13-15H2,1-2H3. The summed E-state index contributed by atoms with van der Waals surface area (Å²) in [6.07, 6.45) is 8.94. The number of ether oxygens (including phenoxy) is 1. The molecule has 102 valence electrons. The normalized spacial score (nSPS) is 12.6. The molecule has 0 fully saturated rings. The highest BCUT2D eigenvalue weighted by molar-refractivity contribution is 5.15. The highest BCUT2D eigenvalue weighted by Crippen LogP contribution is 2.13. The summed E-state index contributed by atoms with van der Waals surface area (Å²) in [6, 6.07) is 10.7. The minimum Gasteiger partial charge on any atom is -0.378 e. The van der Waals surface area contributed by atoms with Crippen molar-refractivity contribution in [3.8, 4) is 0 Å². The zero-order chi connectivity index (χ0) is 13.1. The molecule has 0 radical (unpaired) electrons. The number of benzene rings is 1. The molecule has 0 saturated heterocycles. The Morgan fingerprint density at radius 3 is 2.33 bits per heavy atom. The summed E-state index contributed by atoms with van der Waals surface area (Å²) in [4.78, 5) is 0. The lowest BCUT2D eigenvalue weighted by Gasteiger charge is -2.18. The summed E-state index contributed by atoms with van der Waals surface area (Å²) < 4.78 is 6.05. The maximum absolute atomic E-state index is 6.05. The van der Waals surface area contributed by atoms with E-state index in [0.29, 0.717) is 6.10 Å². The molecule has 1 nitrogen and oxygen atoms in total. The molecule has 0 saturated carbocycles. The van der Waals surface area contributed by atoms with Crippen LogP contribution in [0, 0.1) is 0 Å². The predicted molar refractivity (Wildman–Crippen MR) is 78.9 cm³/mol. The second-order valence-corrected chi connectivity index (χ2v) is 5.03. The highest BCUT2D eigenvalue weighted by Gasteiger charge is 2.09. The predicted octanol–water partition coefficient (Wildman–Crippen LogP) is 4.99. The van der Waals surface area contributed by atoms with Crippen LogP contribution in [0.5, 0.6) is 0 Å². The number of rotatable bonds is 10. The van der Waals surface area contributed by atoms with Gasteiger partial charge in [0, 0.05) is 6.61 Å². The van der Waals surface area contributed by atoms with E-state index in [1.165, 1.54) is 44.1 Å². The first-order valence-corrected chi connectivity index (χ1v) is 7.52. The Bertz CT molecular complexity index is 281. The van der Waals surface area contributed by atoms with Crippen LogP contribution in [-0.2, 0) is 11.2 Å². The van der Waals surface area contributed by atoms with E-state index >= 15 is 0 Å². The monoisotopic (exact) mass is 248 g/mol. The molecule has 0 aliphatic heterocycles. The summed E-state index contributed by atoms with van der Waals surface area (Å²) >= 11 is 0. The van der Waals surface area contributed by atoms with Gasteiger partial charge >= 0.3 is 0 Å². The van der Waals surface area contributed by atoms with E-state index in [-0.39, 0.29) is 0 Å². The lowest BCUT2D eigenvalue weighted by Crippen LogP contribution is -2.17. The van der Waals surface area contributed by atoms with Crippen LogP contribution in [0.25, 0.3) is 0 Å². The molecule has 1 heteroatoms. The quantitative estimate of drug-likeness (QED) is 0.530. The molecule has 1 aromatic rings. The molecule has 0 aliphatic carbocycles. The largest absolute Gasteiger partial charge is 0.378 e. The fourth-order valence-electron chi connectivity index (χ4n) is 2.16. The first-order valence-electron chi connectivity index (χ1n) is 7.52. The molecule has 0 N–H and O–H groups in total. The fraction of sp³-hybridized carbons (Fsp3) is 0.647. The Labute approximate surface area is 113 Å². The molecule has 18 heavy (non-hydrogen) atoms. The summed E-state index contributed by atoms with van der Waals surface area (Å²) in [6.45, 7) is 5.41. The van der Waals surface area contributed by atoms with Crippen LogP contribution in [-0.4, -0.2) is 12.7 Å². The van der Waals surface area contributed by atoms with Gasteiger partial charge in [-0.3, -0.25) is 0 Å². The van der Waals surface area contributed by atoms with E-state index in [0.717, 1.165) is 13.0 Å². The lowest BCUT2D eigenvalue weighted by atomic mass is 10.0. The smallest absolute Gasteiger partial charge is 0.0615 e. The zero-order valence-electron chi connectivity index (χ0n) is 12.0. The van der Waals surface area contributed by atoms with Crippen LogP contribution in [0.1, 0.15) is 57.9 Å². The topological polar surface area (TPSA) is 9.23 Å². The summed E-state index contributed by atoms with van der Waals surface area (Å²) in [5.74, 6) is 0. The molecule has 0 aromatic heterocycles. The first-order chi connectivity index (χ1) is 8.86. The third-order valence-electron chi connectivity index (χ3n) is 3.29. The molecular formula is C17H28O. The van der Waals surface area contributed by atoms with E-state index in [2.05, 4.69) is 44.2 Å². The maximum Gasteiger partial charge on any atom is 0.0615 e. The van der Waals surface area contributed by atoms with Gasteiger partial charge in [0.2, 0.25) is 0 Å². The van der Waals surface area contributed by atoms with Crippen molar-refractivity contribution in [3.05, 3.63) is 35.9 Å². The summed E-state index contributed by atoms with van der Waals surface area (Å²) in [5.41, 5.74) is 1.40. The summed E-state index contributed by atoms with van der Waals surface area (Å²) in [7, 11) is 0. The Morgan fingerprint density at radius 2 is 1.67 bits per heavy atom. The van der Waals surface area contributed by atoms with Crippen molar-refractivity contribution in [2.75, 3.05) is 6.61 Å². The van der Waals surface area contributed by atoms with Crippen LogP contribution in [0.4, 0.5) is 0 Å². The van der Waals surface area contributed by atoms with Crippen molar-refractivity contribution < 1.29 is 4.74 Å². The molecule has 0 amide bonds. The molecular weight excluding hydrogens is 220 g/mol. The van der Waals surface area contributed by atoms with Crippen LogP contribution >= 0.6 is 0 Å². The minimum atomic E-state index is 0.407. The van der Waals surface area contributed by atoms with Gasteiger partial charge in [-0.05, 0) is 24.8 Å². The third kappa shape index (κ3) is 6.80. The van der Waals surface area contributed by atoms with Gasteiger partial charge in [-0.15, -0.1) is 0 Å². The van der Waals surface area contributed by atoms with Crippen molar-refractivity contribution >= 4 is 0 Å². The van der Waals surface area contributed by atoms with Crippen molar-refractivity contribution in [3.63, 3.8) is 0 Å². The number of unbranched alkanes of at least 4 members (excludes halogenated alkanes) is 3. The second kappa shape index (κ2) is 10.1. The second-order valence-electron chi connectivity index (χ2n) is 5.03. The van der Waals surface area contributed by atoms with Gasteiger partial charge in [-0.2, -0.15) is 0 Å². The van der Waals surface area contributed by atoms with E-state index in [9.17, 15) is 0 Å². The van der Waals surface area contributed by atoms with E-state index in [4.69, 9.17) is 4.74 Å². The van der Waals surface area contributed by atoms with Crippen LogP contribution in [0.15, 0.2) is 30.3 Å². The Hall–Kier alpha value is -0.820. The number of hydrogen-bond donors (Lipinski definition) is 0. The molecule has 1 atom stereocenters. The molecule has 1 unspecified atom stereocenters. The molecule has 0 heterocycles. The van der Waals surface area contributed by atoms with Crippen LogP contribution in [0.2, 0.25) is 0 Å². The molecule has 0 spiro atoms. The molecule has 1 rings (SSSR count). The molecule has 0 aliphatic rings. The van der Waals surface area contributed by atoms with Crippen molar-refractivity contribution in [1.82, 2.24) is 0 Å².